The number of alkyl carbamates (subject to hydrolysis) is 1. The third-order valence-corrected chi connectivity index (χ3v) is 1.96. The number of hydrogen-bond donors (Lipinski definition) is 1. The first kappa shape index (κ1) is 13.2. The highest BCUT2D eigenvalue weighted by atomic mass is 16.5. The van der Waals surface area contributed by atoms with Crippen molar-refractivity contribution in [1.29, 1.82) is 0 Å². The van der Waals surface area contributed by atoms with Crippen molar-refractivity contribution in [1.82, 2.24) is 10.2 Å². The average molecular weight is 202 g/mol. The first-order chi connectivity index (χ1) is 6.74. The molecule has 0 aliphatic carbocycles. The topological polar surface area (TPSA) is 41.6 Å². The van der Waals surface area contributed by atoms with Crippen LogP contribution in [0.1, 0.15) is 27.2 Å². The van der Waals surface area contributed by atoms with E-state index in [0.717, 1.165) is 26.1 Å². The molecule has 0 radical (unpaired) electrons. The van der Waals surface area contributed by atoms with Gasteiger partial charge in [0.1, 0.15) is 0 Å². The lowest BCUT2D eigenvalue weighted by atomic mass is 10.4. The maximum atomic E-state index is 10.9. The molecule has 4 nitrogen and oxygen atoms in total. The molecule has 4 heteroatoms. The number of nitrogens with zero attached hydrogens (tertiary/aromatic N) is 1. The van der Waals surface area contributed by atoms with Crippen molar-refractivity contribution in [2.24, 2.45) is 0 Å². The predicted octanol–water partition coefficient (Wildman–Crippen LogP) is 1.46. The van der Waals surface area contributed by atoms with Crippen LogP contribution >= 0.6 is 0 Å². The number of ether oxygens (including phenoxy) is 1. The van der Waals surface area contributed by atoms with Gasteiger partial charge in [-0.3, -0.25) is 0 Å². The zero-order chi connectivity index (χ0) is 10.8. The Morgan fingerprint density at radius 2 is 2.00 bits per heavy atom. The second-order valence-electron chi connectivity index (χ2n) is 3.08. The number of hydrogen-bond acceptors (Lipinski definition) is 3. The van der Waals surface area contributed by atoms with E-state index in [0.29, 0.717) is 13.2 Å². The van der Waals surface area contributed by atoms with Crippen LogP contribution in [0.3, 0.4) is 0 Å². The Balaban J connectivity index is 3.45. The van der Waals surface area contributed by atoms with E-state index in [9.17, 15) is 4.79 Å². The molecule has 1 amide bonds. The van der Waals surface area contributed by atoms with Crippen molar-refractivity contribution >= 4 is 6.09 Å². The third kappa shape index (κ3) is 6.71. The monoisotopic (exact) mass is 202 g/mol. The molecule has 0 spiro atoms. The molecule has 0 fully saturated rings. The zero-order valence-corrected chi connectivity index (χ0v) is 9.51. The summed E-state index contributed by atoms with van der Waals surface area (Å²) < 4.78 is 4.75. The highest BCUT2D eigenvalue weighted by Crippen LogP contribution is 1.89. The first-order valence-electron chi connectivity index (χ1n) is 5.37. The van der Waals surface area contributed by atoms with Gasteiger partial charge in [-0.2, -0.15) is 0 Å². The fraction of sp³-hybridized carbons (Fsp3) is 0.900. The van der Waals surface area contributed by atoms with Gasteiger partial charge in [-0.15, -0.1) is 0 Å². The quantitative estimate of drug-likeness (QED) is 0.679. The molecule has 0 rings (SSSR count). The van der Waals surface area contributed by atoms with E-state index in [1.54, 1.807) is 6.92 Å². The summed E-state index contributed by atoms with van der Waals surface area (Å²) >= 11 is 0. The molecular weight excluding hydrogens is 180 g/mol. The highest BCUT2D eigenvalue weighted by molar-refractivity contribution is 5.66. The summed E-state index contributed by atoms with van der Waals surface area (Å²) in [4.78, 5) is 13.2. The molecule has 0 bridgehead atoms. The average Bonchev–Trinajstić information content (AvgIpc) is 2.17. The largest absolute Gasteiger partial charge is 0.450 e. The lowest BCUT2D eigenvalue weighted by Crippen LogP contribution is -2.35. The summed E-state index contributed by atoms with van der Waals surface area (Å²) in [5.74, 6) is 0. The van der Waals surface area contributed by atoms with Gasteiger partial charge in [0.15, 0.2) is 0 Å². The molecule has 84 valence electrons. The highest BCUT2D eigenvalue weighted by Gasteiger charge is 2.02. The predicted molar refractivity (Wildman–Crippen MR) is 57.4 cm³/mol. The lowest BCUT2D eigenvalue weighted by molar-refractivity contribution is 0.150. The minimum absolute atomic E-state index is 0.319. The van der Waals surface area contributed by atoms with Crippen LogP contribution in [0.15, 0.2) is 0 Å². The number of carbonyl (C=O) groups is 1. The Labute approximate surface area is 86.6 Å². The van der Waals surface area contributed by atoms with E-state index in [-0.39, 0.29) is 6.09 Å². The lowest BCUT2D eigenvalue weighted by Gasteiger charge is -2.19. The summed E-state index contributed by atoms with van der Waals surface area (Å²) in [5, 5.41) is 2.70. The Morgan fingerprint density at radius 3 is 2.50 bits per heavy atom. The van der Waals surface area contributed by atoms with Crippen LogP contribution in [-0.4, -0.2) is 43.8 Å². The fourth-order valence-corrected chi connectivity index (χ4v) is 1.24. The summed E-state index contributed by atoms with van der Waals surface area (Å²) in [6.07, 6.45) is 0.827. The second-order valence-corrected chi connectivity index (χ2v) is 3.08. The van der Waals surface area contributed by atoms with Crippen LogP contribution < -0.4 is 5.32 Å². The van der Waals surface area contributed by atoms with Gasteiger partial charge in [0, 0.05) is 13.1 Å². The van der Waals surface area contributed by atoms with Crippen molar-refractivity contribution < 1.29 is 9.53 Å². The van der Waals surface area contributed by atoms with Gasteiger partial charge < -0.3 is 15.0 Å². The summed E-state index contributed by atoms with van der Waals surface area (Å²) in [7, 11) is 0. The molecular formula is C10H22N2O2. The normalized spacial score (nSPS) is 10.3. The second kappa shape index (κ2) is 8.81. The Morgan fingerprint density at radius 1 is 1.29 bits per heavy atom. The Kier molecular flexibility index (Phi) is 8.33. The molecule has 0 heterocycles. The van der Waals surface area contributed by atoms with Gasteiger partial charge in [0.2, 0.25) is 0 Å². The molecule has 0 aliphatic rings. The van der Waals surface area contributed by atoms with E-state index in [2.05, 4.69) is 24.1 Å². The number of rotatable bonds is 7. The van der Waals surface area contributed by atoms with Crippen molar-refractivity contribution in [3.8, 4) is 0 Å². The van der Waals surface area contributed by atoms with Gasteiger partial charge in [-0.1, -0.05) is 13.8 Å². The molecule has 0 aromatic heterocycles. The molecule has 0 aliphatic heterocycles. The molecule has 0 saturated heterocycles. The molecule has 0 aromatic carbocycles. The minimum Gasteiger partial charge on any atom is -0.450 e. The summed E-state index contributed by atoms with van der Waals surface area (Å²) in [6.45, 7) is 10.2. The Hall–Kier alpha value is -0.770. The molecule has 14 heavy (non-hydrogen) atoms. The van der Waals surface area contributed by atoms with Crippen LogP contribution in [0.5, 0.6) is 0 Å². The van der Waals surface area contributed by atoms with Gasteiger partial charge in [-0.25, -0.2) is 4.79 Å². The van der Waals surface area contributed by atoms with Crippen molar-refractivity contribution in [3.63, 3.8) is 0 Å². The van der Waals surface area contributed by atoms with Crippen LogP contribution in [0.4, 0.5) is 4.79 Å². The van der Waals surface area contributed by atoms with E-state index in [4.69, 9.17) is 4.74 Å². The zero-order valence-electron chi connectivity index (χ0n) is 9.51. The van der Waals surface area contributed by atoms with Crippen LogP contribution in [0.2, 0.25) is 0 Å². The van der Waals surface area contributed by atoms with Crippen LogP contribution in [0.25, 0.3) is 0 Å². The SMILES string of the molecule is CCCN(CC)CCNC(=O)OCC. The van der Waals surface area contributed by atoms with Crippen LogP contribution in [0, 0.1) is 0 Å². The fourth-order valence-electron chi connectivity index (χ4n) is 1.24. The molecule has 1 N–H and O–H groups in total. The van der Waals surface area contributed by atoms with Gasteiger partial charge >= 0.3 is 6.09 Å². The maximum Gasteiger partial charge on any atom is 0.407 e. The standard InChI is InChI=1S/C10H22N2O2/c1-4-8-12(5-2)9-7-11-10(13)14-6-3/h4-9H2,1-3H3,(H,11,13). The van der Waals surface area contributed by atoms with Gasteiger partial charge in [-0.05, 0) is 26.4 Å². The summed E-state index contributed by atoms with van der Waals surface area (Å²) in [6, 6.07) is 0. The number of nitrogens with one attached hydrogen (secondary N) is 1. The molecule has 0 atom stereocenters. The van der Waals surface area contributed by atoms with Crippen molar-refractivity contribution in [2.75, 3.05) is 32.8 Å². The molecule has 0 saturated carbocycles. The number of likely N-dealkylation sites (N-methyl/N-ethyl adjacent to an activating group) is 1. The van der Waals surface area contributed by atoms with Crippen molar-refractivity contribution in [2.45, 2.75) is 27.2 Å². The summed E-state index contributed by atoms with van der Waals surface area (Å²) in [5.41, 5.74) is 0. The van der Waals surface area contributed by atoms with Gasteiger partial charge in [0.25, 0.3) is 0 Å². The smallest absolute Gasteiger partial charge is 0.407 e. The van der Waals surface area contributed by atoms with Crippen molar-refractivity contribution in [3.05, 3.63) is 0 Å². The van der Waals surface area contributed by atoms with Gasteiger partial charge in [0.05, 0.1) is 6.61 Å². The van der Waals surface area contributed by atoms with E-state index in [1.807, 2.05) is 0 Å². The third-order valence-electron chi connectivity index (χ3n) is 1.96. The number of carbonyl (C=O) groups excluding carboxylic acids is 1. The Bertz CT molecular complexity index is 151. The first-order valence-corrected chi connectivity index (χ1v) is 5.37. The van der Waals surface area contributed by atoms with E-state index in [1.165, 1.54) is 0 Å². The maximum absolute atomic E-state index is 10.9. The minimum atomic E-state index is -0.319. The van der Waals surface area contributed by atoms with E-state index >= 15 is 0 Å². The molecule has 0 unspecified atom stereocenters. The molecule has 0 aromatic rings. The number of amides is 1. The van der Waals surface area contributed by atoms with E-state index < -0.39 is 0 Å². The van der Waals surface area contributed by atoms with Crippen LogP contribution in [-0.2, 0) is 4.74 Å².